The highest BCUT2D eigenvalue weighted by atomic mass is 15.1. The van der Waals surface area contributed by atoms with Gasteiger partial charge in [-0.05, 0) is 12.8 Å². The first-order valence-corrected chi connectivity index (χ1v) is 7.16. The summed E-state index contributed by atoms with van der Waals surface area (Å²) in [7, 11) is 0. The number of rotatable bonds is 2. The van der Waals surface area contributed by atoms with Crippen molar-refractivity contribution in [3.8, 4) is 11.3 Å². The summed E-state index contributed by atoms with van der Waals surface area (Å²) in [5, 5.41) is 0. The Labute approximate surface area is 117 Å². The molecule has 1 aliphatic carbocycles. The Bertz CT molecular complexity index is 727. The van der Waals surface area contributed by atoms with E-state index in [1.807, 2.05) is 24.5 Å². The van der Waals surface area contributed by atoms with Crippen LogP contribution < -0.4 is 0 Å². The van der Waals surface area contributed by atoms with Gasteiger partial charge < -0.3 is 4.57 Å². The lowest BCUT2D eigenvalue weighted by atomic mass is 10.1. The molecule has 0 N–H and O–H groups in total. The molecule has 3 aromatic rings. The molecule has 4 rings (SSSR count). The SMILES string of the molecule is c1ccc(-c2ncnc3c2ncn3C2CCCC2)cc1. The normalized spacial score (nSPS) is 16.0. The molecule has 1 fully saturated rings. The van der Waals surface area contributed by atoms with E-state index in [1.54, 1.807) is 6.33 Å². The fourth-order valence-electron chi connectivity index (χ4n) is 3.11. The van der Waals surface area contributed by atoms with Crippen molar-refractivity contribution in [1.82, 2.24) is 19.5 Å². The summed E-state index contributed by atoms with van der Waals surface area (Å²) < 4.78 is 2.23. The van der Waals surface area contributed by atoms with Crippen molar-refractivity contribution in [2.45, 2.75) is 31.7 Å². The zero-order chi connectivity index (χ0) is 13.4. The lowest BCUT2D eigenvalue weighted by Gasteiger charge is -2.11. The van der Waals surface area contributed by atoms with Crippen LogP contribution in [0.15, 0.2) is 43.0 Å². The number of fused-ring (bicyclic) bond motifs is 1. The Balaban J connectivity index is 1.88. The summed E-state index contributed by atoms with van der Waals surface area (Å²) in [5.41, 5.74) is 3.89. The van der Waals surface area contributed by atoms with E-state index in [4.69, 9.17) is 0 Å². The fraction of sp³-hybridized carbons (Fsp3) is 0.312. The number of hydrogen-bond donors (Lipinski definition) is 0. The third-order valence-electron chi connectivity index (χ3n) is 4.12. The van der Waals surface area contributed by atoms with Crippen LogP contribution in [0.4, 0.5) is 0 Å². The molecule has 2 aromatic heterocycles. The van der Waals surface area contributed by atoms with Crippen molar-refractivity contribution < 1.29 is 0 Å². The molecule has 0 spiro atoms. The van der Waals surface area contributed by atoms with Crippen molar-refractivity contribution in [3.05, 3.63) is 43.0 Å². The number of imidazole rings is 1. The molecule has 0 atom stereocenters. The van der Waals surface area contributed by atoms with Gasteiger partial charge in [-0.1, -0.05) is 43.2 Å². The summed E-state index contributed by atoms with van der Waals surface area (Å²) in [5.74, 6) is 0. The fourth-order valence-corrected chi connectivity index (χ4v) is 3.11. The molecule has 1 aliphatic rings. The highest BCUT2D eigenvalue weighted by Crippen LogP contribution is 2.33. The molecule has 0 bridgehead atoms. The Morgan fingerprint density at radius 2 is 1.75 bits per heavy atom. The number of benzene rings is 1. The van der Waals surface area contributed by atoms with Crippen LogP contribution in [0.2, 0.25) is 0 Å². The highest BCUT2D eigenvalue weighted by molar-refractivity contribution is 5.87. The van der Waals surface area contributed by atoms with E-state index >= 15 is 0 Å². The smallest absolute Gasteiger partial charge is 0.164 e. The van der Waals surface area contributed by atoms with E-state index in [0.29, 0.717) is 6.04 Å². The van der Waals surface area contributed by atoms with Crippen LogP contribution in [0.25, 0.3) is 22.4 Å². The summed E-state index contributed by atoms with van der Waals surface area (Å²) in [6.45, 7) is 0. The van der Waals surface area contributed by atoms with Crippen molar-refractivity contribution in [2.24, 2.45) is 0 Å². The van der Waals surface area contributed by atoms with E-state index < -0.39 is 0 Å². The van der Waals surface area contributed by atoms with Gasteiger partial charge in [-0.15, -0.1) is 0 Å². The standard InChI is InChI=1S/C16H16N4/c1-2-6-12(7-3-1)14-15-16(18-10-17-14)20(11-19-15)13-8-4-5-9-13/h1-3,6-7,10-11,13H,4-5,8-9H2. The number of hydrogen-bond acceptors (Lipinski definition) is 3. The summed E-state index contributed by atoms with van der Waals surface area (Å²) in [6.07, 6.45) is 8.66. The molecule has 100 valence electrons. The first-order valence-electron chi connectivity index (χ1n) is 7.16. The second kappa shape index (κ2) is 4.71. The predicted molar refractivity (Wildman–Crippen MR) is 78.3 cm³/mol. The van der Waals surface area contributed by atoms with Crippen LogP contribution >= 0.6 is 0 Å². The minimum absolute atomic E-state index is 0.554. The molecule has 0 unspecified atom stereocenters. The highest BCUT2D eigenvalue weighted by Gasteiger charge is 2.20. The van der Waals surface area contributed by atoms with E-state index in [9.17, 15) is 0 Å². The van der Waals surface area contributed by atoms with Crippen molar-refractivity contribution in [2.75, 3.05) is 0 Å². The van der Waals surface area contributed by atoms with Crippen molar-refractivity contribution >= 4 is 11.2 Å². The molecule has 0 saturated heterocycles. The predicted octanol–water partition coefficient (Wildman–Crippen LogP) is 3.61. The minimum Gasteiger partial charge on any atom is -0.312 e. The Morgan fingerprint density at radius 1 is 0.950 bits per heavy atom. The van der Waals surface area contributed by atoms with Gasteiger partial charge in [0, 0.05) is 11.6 Å². The van der Waals surface area contributed by atoms with Gasteiger partial charge in [0.05, 0.1) is 6.33 Å². The van der Waals surface area contributed by atoms with Crippen molar-refractivity contribution in [3.63, 3.8) is 0 Å². The van der Waals surface area contributed by atoms with E-state index in [0.717, 1.165) is 22.4 Å². The van der Waals surface area contributed by atoms with Gasteiger partial charge in [0.25, 0.3) is 0 Å². The molecule has 0 radical (unpaired) electrons. The Morgan fingerprint density at radius 3 is 2.55 bits per heavy atom. The van der Waals surface area contributed by atoms with Gasteiger partial charge in [-0.3, -0.25) is 0 Å². The molecule has 1 saturated carbocycles. The Kier molecular flexibility index (Phi) is 2.73. The maximum Gasteiger partial charge on any atom is 0.164 e. The molecule has 20 heavy (non-hydrogen) atoms. The van der Waals surface area contributed by atoms with Crippen molar-refractivity contribution in [1.29, 1.82) is 0 Å². The van der Waals surface area contributed by atoms with Crippen LogP contribution in [-0.4, -0.2) is 19.5 Å². The molecule has 4 heteroatoms. The summed E-state index contributed by atoms with van der Waals surface area (Å²) in [4.78, 5) is 13.5. The number of nitrogens with zero attached hydrogens (tertiary/aromatic N) is 4. The topological polar surface area (TPSA) is 43.6 Å². The average Bonchev–Trinajstić information content (AvgIpc) is 3.16. The van der Waals surface area contributed by atoms with E-state index in [2.05, 4.69) is 31.7 Å². The summed E-state index contributed by atoms with van der Waals surface area (Å²) >= 11 is 0. The first kappa shape index (κ1) is 11.6. The van der Waals surface area contributed by atoms with Gasteiger partial charge in [-0.2, -0.15) is 0 Å². The molecule has 2 heterocycles. The zero-order valence-electron chi connectivity index (χ0n) is 11.2. The van der Waals surface area contributed by atoms with Gasteiger partial charge in [0.15, 0.2) is 5.65 Å². The second-order valence-corrected chi connectivity index (χ2v) is 5.35. The molecular weight excluding hydrogens is 248 g/mol. The summed E-state index contributed by atoms with van der Waals surface area (Å²) in [6, 6.07) is 10.7. The van der Waals surface area contributed by atoms with E-state index in [1.165, 1.54) is 25.7 Å². The Hall–Kier alpha value is -2.23. The third kappa shape index (κ3) is 1.80. The van der Waals surface area contributed by atoms with Gasteiger partial charge in [0.1, 0.15) is 17.5 Å². The van der Waals surface area contributed by atoms with Crippen LogP contribution in [-0.2, 0) is 0 Å². The lowest BCUT2D eigenvalue weighted by Crippen LogP contribution is -2.04. The van der Waals surface area contributed by atoms with Gasteiger partial charge in [0.2, 0.25) is 0 Å². The lowest BCUT2D eigenvalue weighted by molar-refractivity contribution is 0.529. The minimum atomic E-state index is 0.554. The monoisotopic (exact) mass is 264 g/mol. The average molecular weight is 264 g/mol. The maximum absolute atomic E-state index is 4.58. The first-order chi connectivity index (χ1) is 9.93. The number of aromatic nitrogens is 4. The quantitative estimate of drug-likeness (QED) is 0.710. The third-order valence-corrected chi connectivity index (χ3v) is 4.12. The molecule has 0 amide bonds. The largest absolute Gasteiger partial charge is 0.312 e. The van der Waals surface area contributed by atoms with Crippen LogP contribution in [0.3, 0.4) is 0 Å². The van der Waals surface area contributed by atoms with E-state index in [-0.39, 0.29) is 0 Å². The van der Waals surface area contributed by atoms with Crippen LogP contribution in [0.5, 0.6) is 0 Å². The molecule has 1 aromatic carbocycles. The zero-order valence-corrected chi connectivity index (χ0v) is 11.2. The second-order valence-electron chi connectivity index (χ2n) is 5.35. The molecule has 4 nitrogen and oxygen atoms in total. The van der Waals surface area contributed by atoms with Crippen LogP contribution in [0.1, 0.15) is 31.7 Å². The van der Waals surface area contributed by atoms with Gasteiger partial charge >= 0.3 is 0 Å². The molecular formula is C16H16N4. The maximum atomic E-state index is 4.58. The van der Waals surface area contributed by atoms with Crippen LogP contribution in [0, 0.1) is 0 Å². The molecule has 0 aliphatic heterocycles. The van der Waals surface area contributed by atoms with Gasteiger partial charge in [-0.25, -0.2) is 15.0 Å².